The molecule has 1 fully saturated rings. The topological polar surface area (TPSA) is 93.2 Å². The Bertz CT molecular complexity index is 1130. The number of fused-ring (bicyclic) bond motifs is 1. The van der Waals surface area contributed by atoms with Gasteiger partial charge >= 0.3 is 12.1 Å². The highest BCUT2D eigenvalue weighted by Gasteiger charge is 2.38. The van der Waals surface area contributed by atoms with Crippen LogP contribution in [0.2, 0.25) is 5.02 Å². The first kappa shape index (κ1) is 21.6. The van der Waals surface area contributed by atoms with E-state index in [1.54, 1.807) is 35.2 Å². The average Bonchev–Trinajstić information content (AvgIpc) is 2.78. The highest BCUT2D eigenvalue weighted by atomic mass is 35.5. The van der Waals surface area contributed by atoms with Crippen LogP contribution < -0.4 is 4.90 Å². The van der Waals surface area contributed by atoms with Gasteiger partial charge in [0.2, 0.25) is 10.0 Å². The molecular weight excluding hydrogens is 444 g/mol. The first-order chi connectivity index (χ1) is 14.8. The Morgan fingerprint density at radius 3 is 2.58 bits per heavy atom. The van der Waals surface area contributed by atoms with Gasteiger partial charge in [0.25, 0.3) is 0 Å². The van der Waals surface area contributed by atoms with Crippen molar-refractivity contribution in [3.8, 4) is 0 Å². The molecule has 164 valence electrons. The van der Waals surface area contributed by atoms with Gasteiger partial charge in [0.05, 0.1) is 23.3 Å². The zero-order valence-corrected chi connectivity index (χ0v) is 18.4. The molecule has 0 unspecified atom stereocenters. The molecule has 10 heteroatoms. The molecule has 31 heavy (non-hydrogen) atoms. The van der Waals surface area contributed by atoms with E-state index in [2.05, 4.69) is 0 Å². The summed E-state index contributed by atoms with van der Waals surface area (Å²) in [5, 5.41) is 0.557. The smallest absolute Gasteiger partial charge is 0.414 e. The maximum Gasteiger partial charge on any atom is 0.414 e. The van der Waals surface area contributed by atoms with Gasteiger partial charge in [-0.15, -0.1) is 0 Å². The number of piperidine rings is 1. The number of amides is 1. The van der Waals surface area contributed by atoms with E-state index in [0.717, 1.165) is 11.3 Å². The van der Waals surface area contributed by atoms with Gasteiger partial charge < -0.3 is 9.47 Å². The Kier molecular flexibility index (Phi) is 5.92. The number of rotatable bonds is 4. The molecule has 0 aromatic heterocycles. The van der Waals surface area contributed by atoms with Crippen LogP contribution in [0.25, 0.3) is 0 Å². The molecule has 1 saturated heterocycles. The van der Waals surface area contributed by atoms with Crippen LogP contribution in [0.5, 0.6) is 0 Å². The second kappa shape index (κ2) is 8.49. The van der Waals surface area contributed by atoms with Crippen molar-refractivity contribution in [3.05, 3.63) is 58.6 Å². The SMILES string of the molecule is COC(=O)c1ccccc1S(=O)(=O)N1CCC(N2C(=O)OCc3cc(Cl)ccc32)CC1. The van der Waals surface area contributed by atoms with E-state index in [4.69, 9.17) is 21.1 Å². The molecular formula is C21H21ClN2O6S. The number of ether oxygens (including phenoxy) is 2. The number of hydrogen-bond acceptors (Lipinski definition) is 6. The van der Waals surface area contributed by atoms with Crippen molar-refractivity contribution in [2.75, 3.05) is 25.1 Å². The van der Waals surface area contributed by atoms with Crippen LogP contribution in [0.4, 0.5) is 10.5 Å². The summed E-state index contributed by atoms with van der Waals surface area (Å²) in [5.41, 5.74) is 1.55. The van der Waals surface area contributed by atoms with Gasteiger partial charge in [0.15, 0.2) is 0 Å². The van der Waals surface area contributed by atoms with Gasteiger partial charge in [0.1, 0.15) is 6.61 Å². The van der Waals surface area contributed by atoms with Crippen molar-refractivity contribution in [3.63, 3.8) is 0 Å². The second-order valence-corrected chi connectivity index (χ2v) is 9.66. The van der Waals surface area contributed by atoms with Crippen LogP contribution in [-0.4, -0.2) is 51.0 Å². The van der Waals surface area contributed by atoms with E-state index in [9.17, 15) is 18.0 Å². The van der Waals surface area contributed by atoms with E-state index in [1.807, 2.05) is 0 Å². The Morgan fingerprint density at radius 1 is 1.16 bits per heavy atom. The molecule has 0 bridgehead atoms. The molecule has 2 aliphatic heterocycles. The summed E-state index contributed by atoms with van der Waals surface area (Å²) in [7, 11) is -2.69. The number of benzene rings is 2. The number of halogens is 1. The average molecular weight is 465 g/mol. The van der Waals surface area contributed by atoms with Crippen LogP contribution in [0, 0.1) is 0 Å². The minimum atomic E-state index is -3.90. The number of methoxy groups -OCH3 is 1. The number of sulfonamides is 1. The number of cyclic esters (lactones) is 1. The quantitative estimate of drug-likeness (QED) is 0.643. The van der Waals surface area contributed by atoms with Gasteiger partial charge in [0, 0.05) is 29.7 Å². The van der Waals surface area contributed by atoms with E-state index in [0.29, 0.717) is 17.9 Å². The van der Waals surface area contributed by atoms with Crippen molar-refractivity contribution in [1.29, 1.82) is 0 Å². The molecule has 0 N–H and O–H groups in total. The molecule has 2 aliphatic rings. The van der Waals surface area contributed by atoms with Crippen molar-refractivity contribution in [2.24, 2.45) is 0 Å². The standard InChI is InChI=1S/C21H21ClN2O6S/c1-29-20(25)17-4-2-3-5-19(17)31(27,28)23-10-8-16(9-11-23)24-18-7-6-15(22)12-14(18)13-30-21(24)26/h2-7,12,16H,8-11,13H2,1H3. The minimum absolute atomic E-state index is 0.00228. The number of carbonyl (C=O) groups is 2. The van der Waals surface area contributed by atoms with Crippen molar-refractivity contribution in [2.45, 2.75) is 30.4 Å². The molecule has 4 rings (SSSR count). The Balaban J connectivity index is 1.55. The molecule has 8 nitrogen and oxygen atoms in total. The normalized spacial score (nSPS) is 17.7. The summed E-state index contributed by atoms with van der Waals surface area (Å²) in [6.07, 6.45) is 0.403. The number of esters is 1. The monoisotopic (exact) mass is 464 g/mol. The van der Waals surface area contributed by atoms with E-state index >= 15 is 0 Å². The molecule has 0 radical (unpaired) electrons. The van der Waals surface area contributed by atoms with Crippen molar-refractivity contribution >= 4 is 39.4 Å². The van der Waals surface area contributed by atoms with Crippen LogP contribution in [0.15, 0.2) is 47.4 Å². The maximum absolute atomic E-state index is 13.2. The van der Waals surface area contributed by atoms with E-state index in [-0.39, 0.29) is 36.2 Å². The molecule has 0 aliphatic carbocycles. The zero-order valence-electron chi connectivity index (χ0n) is 16.8. The fourth-order valence-corrected chi connectivity index (χ4v) is 5.85. The minimum Gasteiger partial charge on any atom is -0.465 e. The molecule has 2 aromatic rings. The Hall–Kier alpha value is -2.62. The van der Waals surface area contributed by atoms with Crippen molar-refractivity contribution in [1.82, 2.24) is 4.31 Å². The highest BCUT2D eigenvalue weighted by Crippen LogP contribution is 2.34. The predicted molar refractivity (Wildman–Crippen MR) is 114 cm³/mol. The first-order valence-electron chi connectivity index (χ1n) is 9.75. The lowest BCUT2D eigenvalue weighted by molar-refractivity contribution is 0.0596. The molecule has 1 amide bonds. The summed E-state index contributed by atoms with van der Waals surface area (Å²) >= 11 is 6.05. The first-order valence-corrected chi connectivity index (χ1v) is 11.6. The number of carbonyl (C=O) groups excluding carboxylic acids is 2. The molecule has 2 aromatic carbocycles. The Labute approximate surface area is 185 Å². The van der Waals surface area contributed by atoms with Gasteiger partial charge in [-0.1, -0.05) is 23.7 Å². The summed E-state index contributed by atoms with van der Waals surface area (Å²) in [6.45, 7) is 0.563. The number of anilines is 1. The zero-order chi connectivity index (χ0) is 22.2. The fraction of sp³-hybridized carbons (Fsp3) is 0.333. The van der Waals surface area contributed by atoms with Crippen LogP contribution >= 0.6 is 11.6 Å². The molecule has 2 heterocycles. The third-order valence-corrected chi connectivity index (χ3v) is 7.74. The molecule has 0 saturated carbocycles. The van der Waals surface area contributed by atoms with Gasteiger partial charge in [-0.05, 0) is 43.2 Å². The molecule has 0 spiro atoms. The lowest BCUT2D eigenvalue weighted by Crippen LogP contribution is -2.50. The summed E-state index contributed by atoms with van der Waals surface area (Å²) in [5.74, 6) is -0.708. The second-order valence-electron chi connectivity index (χ2n) is 7.32. The largest absolute Gasteiger partial charge is 0.465 e. The van der Waals surface area contributed by atoms with Crippen LogP contribution in [0.3, 0.4) is 0 Å². The highest BCUT2D eigenvalue weighted by molar-refractivity contribution is 7.89. The lowest BCUT2D eigenvalue weighted by Gasteiger charge is -2.39. The maximum atomic E-state index is 13.2. The summed E-state index contributed by atoms with van der Waals surface area (Å²) < 4.78 is 37.8. The molecule has 0 atom stereocenters. The number of hydrogen-bond donors (Lipinski definition) is 0. The summed E-state index contributed by atoms with van der Waals surface area (Å²) in [6, 6.07) is 11.0. The predicted octanol–water partition coefficient (Wildman–Crippen LogP) is 3.44. The lowest BCUT2D eigenvalue weighted by atomic mass is 10.0. The number of nitrogens with zero attached hydrogens (tertiary/aromatic N) is 2. The fourth-order valence-electron chi connectivity index (χ4n) is 4.01. The van der Waals surface area contributed by atoms with Gasteiger partial charge in [-0.3, -0.25) is 4.90 Å². The van der Waals surface area contributed by atoms with Crippen molar-refractivity contribution < 1.29 is 27.5 Å². The summed E-state index contributed by atoms with van der Waals surface area (Å²) in [4.78, 5) is 26.0. The van der Waals surface area contributed by atoms with E-state index in [1.165, 1.54) is 23.5 Å². The Morgan fingerprint density at radius 2 is 1.87 bits per heavy atom. The van der Waals surface area contributed by atoms with Gasteiger partial charge in [-0.25, -0.2) is 18.0 Å². The third-order valence-electron chi connectivity index (χ3n) is 5.55. The van der Waals surface area contributed by atoms with Gasteiger partial charge in [-0.2, -0.15) is 4.31 Å². The van der Waals surface area contributed by atoms with E-state index < -0.39 is 22.1 Å². The third kappa shape index (κ3) is 4.00. The van der Waals surface area contributed by atoms with Crippen LogP contribution in [-0.2, 0) is 26.1 Å². The van der Waals surface area contributed by atoms with Crippen LogP contribution in [0.1, 0.15) is 28.8 Å².